The maximum Gasteiger partial charge on any atom is 0.416 e. The number of ether oxygens (including phenoxy) is 4. The van der Waals surface area contributed by atoms with Crippen LogP contribution in [-0.4, -0.2) is 51.2 Å². The van der Waals surface area contributed by atoms with Gasteiger partial charge in [-0.25, -0.2) is 9.59 Å². The van der Waals surface area contributed by atoms with Crippen LogP contribution in [0.3, 0.4) is 0 Å². The number of hydrogen-bond acceptors (Lipinski definition) is 7. The molecule has 2 amide bonds. The molecule has 4 rings (SSSR count). The number of nitrogens with zero attached hydrogens (tertiary/aromatic N) is 2. The lowest BCUT2D eigenvalue weighted by atomic mass is 9.86. The lowest BCUT2D eigenvalue weighted by Gasteiger charge is -2.46. The summed E-state index contributed by atoms with van der Waals surface area (Å²) in [5.74, 6) is 0.143. The lowest BCUT2D eigenvalue weighted by molar-refractivity contribution is -0.190. The van der Waals surface area contributed by atoms with E-state index < -0.39 is 53.8 Å². The Hall–Kier alpha value is -4.14. The van der Waals surface area contributed by atoms with Crippen molar-refractivity contribution >= 4 is 29.2 Å². The fourth-order valence-corrected chi connectivity index (χ4v) is 6.20. The Kier molecular flexibility index (Phi) is 9.56. The van der Waals surface area contributed by atoms with Gasteiger partial charge in [0, 0.05) is 16.5 Å². The number of thiophene rings is 1. The first-order valence-corrected chi connectivity index (χ1v) is 14.0. The van der Waals surface area contributed by atoms with Crippen LogP contribution in [0, 0.1) is 0 Å². The van der Waals surface area contributed by atoms with Gasteiger partial charge >= 0.3 is 24.5 Å². The molecule has 3 unspecified atom stereocenters. The van der Waals surface area contributed by atoms with Crippen molar-refractivity contribution in [1.29, 1.82) is 0 Å². The minimum Gasteiger partial charge on any atom is -0.493 e. The van der Waals surface area contributed by atoms with E-state index in [0.717, 1.165) is 19.2 Å². The molecule has 8 nitrogen and oxygen atoms in total. The molecule has 0 aliphatic carbocycles. The summed E-state index contributed by atoms with van der Waals surface area (Å²) < 4.78 is 108. The van der Waals surface area contributed by atoms with Crippen molar-refractivity contribution in [2.24, 2.45) is 0 Å². The fourth-order valence-electron chi connectivity index (χ4n) is 5.37. The van der Waals surface area contributed by atoms with Crippen LogP contribution in [0.25, 0.3) is 0 Å². The molecule has 3 aromatic rings. The molecule has 1 aromatic heterocycles. The average molecular weight is 647 g/mol. The van der Waals surface area contributed by atoms with Gasteiger partial charge in [0.25, 0.3) is 0 Å². The third-order valence-corrected chi connectivity index (χ3v) is 8.09. The number of methoxy groups -OCH3 is 3. The highest BCUT2D eigenvalue weighted by atomic mass is 32.1. The number of fused-ring (bicyclic) bond motifs is 1. The van der Waals surface area contributed by atoms with Gasteiger partial charge in [-0.2, -0.15) is 26.3 Å². The minimum atomic E-state index is -5.40. The molecule has 3 atom stereocenters. The van der Waals surface area contributed by atoms with Gasteiger partial charge in [-0.05, 0) is 42.5 Å². The Morgan fingerprint density at radius 1 is 1.00 bits per heavy atom. The van der Waals surface area contributed by atoms with E-state index >= 15 is 13.2 Å². The van der Waals surface area contributed by atoms with E-state index in [2.05, 4.69) is 0 Å². The van der Waals surface area contributed by atoms with Crippen LogP contribution in [0.4, 0.5) is 41.6 Å². The number of halogens is 6. The van der Waals surface area contributed by atoms with Gasteiger partial charge in [-0.15, -0.1) is 11.3 Å². The molecule has 0 bridgehead atoms. The number of carbonyl (C=O) groups is 2. The third kappa shape index (κ3) is 6.23. The zero-order chi connectivity index (χ0) is 32.4. The second-order valence-electron chi connectivity index (χ2n) is 9.52. The highest BCUT2D eigenvalue weighted by molar-refractivity contribution is 7.10. The predicted octanol–water partition coefficient (Wildman–Crippen LogP) is 8.31. The molecule has 0 spiro atoms. The van der Waals surface area contributed by atoms with Crippen LogP contribution in [0.1, 0.15) is 53.0 Å². The van der Waals surface area contributed by atoms with Gasteiger partial charge < -0.3 is 18.9 Å². The molecule has 0 saturated carbocycles. The summed E-state index contributed by atoms with van der Waals surface area (Å²) in [4.78, 5) is 28.8. The molecule has 0 radical (unpaired) electrons. The zero-order valence-electron chi connectivity index (χ0n) is 23.9. The van der Waals surface area contributed by atoms with E-state index in [1.54, 1.807) is 24.4 Å². The van der Waals surface area contributed by atoms with E-state index in [9.17, 15) is 22.8 Å². The number of rotatable bonds is 7. The normalized spacial score (nSPS) is 17.4. The molecule has 15 heteroatoms. The molecule has 0 saturated heterocycles. The Balaban J connectivity index is 2.07. The third-order valence-electron chi connectivity index (χ3n) is 7.12. The van der Waals surface area contributed by atoms with Crippen molar-refractivity contribution in [3.63, 3.8) is 0 Å². The predicted molar refractivity (Wildman–Crippen MR) is 148 cm³/mol. The zero-order valence-corrected chi connectivity index (χ0v) is 24.7. The number of benzene rings is 2. The van der Waals surface area contributed by atoms with Gasteiger partial charge in [0.2, 0.25) is 0 Å². The fraction of sp³-hybridized carbons (Fsp3) is 0.379. The van der Waals surface area contributed by atoms with Gasteiger partial charge in [0.1, 0.15) is 0 Å². The first-order chi connectivity index (χ1) is 20.8. The quantitative estimate of drug-likeness (QED) is 0.241. The Morgan fingerprint density at radius 3 is 2.20 bits per heavy atom. The van der Waals surface area contributed by atoms with E-state index in [1.807, 2.05) is 0 Å². The highest BCUT2D eigenvalue weighted by Crippen LogP contribution is 2.54. The van der Waals surface area contributed by atoms with E-state index in [-0.39, 0.29) is 40.7 Å². The molecule has 44 heavy (non-hydrogen) atoms. The van der Waals surface area contributed by atoms with Gasteiger partial charge in [-0.1, -0.05) is 24.3 Å². The van der Waals surface area contributed by atoms with Crippen molar-refractivity contribution in [3.05, 3.63) is 75.5 Å². The molecule has 2 aromatic carbocycles. The number of hydrogen-bond donors (Lipinski definition) is 0. The Labute approximate surface area is 252 Å². The van der Waals surface area contributed by atoms with Crippen molar-refractivity contribution in [1.82, 2.24) is 4.90 Å². The van der Waals surface area contributed by atoms with Crippen molar-refractivity contribution < 1.29 is 54.9 Å². The Morgan fingerprint density at radius 2 is 1.66 bits per heavy atom. The minimum absolute atomic E-state index is 0.00897. The lowest BCUT2D eigenvalue weighted by Crippen LogP contribution is -2.49. The SMILES string of the molecule is CCOC(=O)N1c2cc(OC)c(OC)cc2C(N(C(=O)OC)C(c2ccccc2C(F)(F)F)C(F)(F)F)CC1c1cccs1. The van der Waals surface area contributed by atoms with Crippen LogP contribution in [0.15, 0.2) is 53.9 Å². The molecule has 1 aliphatic heterocycles. The standard InChI is InChI=1S/C29H28F6N2O6S/c1-5-43-27(39)36-20-15-23(41-3)22(40-2)13-17(20)19(14-21(36)24-11-8-12-44-24)37(26(38)42-4)25(29(33,34)35)16-9-6-7-10-18(16)28(30,31)32/h6-13,15,19,21,25H,5,14H2,1-4H3. The maximum atomic E-state index is 15.0. The summed E-state index contributed by atoms with van der Waals surface area (Å²) in [6.45, 7) is 1.54. The van der Waals surface area contributed by atoms with Gasteiger partial charge in [0.15, 0.2) is 17.5 Å². The van der Waals surface area contributed by atoms with E-state index in [4.69, 9.17) is 18.9 Å². The highest BCUT2D eigenvalue weighted by Gasteiger charge is 2.54. The number of anilines is 1. The summed E-state index contributed by atoms with van der Waals surface area (Å²) in [5.41, 5.74) is -2.79. The number of carbonyl (C=O) groups excluding carboxylic acids is 2. The van der Waals surface area contributed by atoms with E-state index in [1.165, 1.54) is 42.6 Å². The van der Waals surface area contributed by atoms with Crippen LogP contribution in [0.2, 0.25) is 0 Å². The van der Waals surface area contributed by atoms with Gasteiger partial charge in [0.05, 0.1) is 51.3 Å². The number of alkyl halides is 6. The smallest absolute Gasteiger partial charge is 0.416 e. The average Bonchev–Trinajstić information content (AvgIpc) is 3.52. The first-order valence-electron chi connectivity index (χ1n) is 13.1. The largest absolute Gasteiger partial charge is 0.493 e. The van der Waals surface area contributed by atoms with Crippen molar-refractivity contribution in [3.8, 4) is 11.5 Å². The van der Waals surface area contributed by atoms with Crippen LogP contribution < -0.4 is 14.4 Å². The Bertz CT molecular complexity index is 1480. The maximum absolute atomic E-state index is 15.0. The molecular formula is C29H28F6N2O6S. The van der Waals surface area contributed by atoms with Crippen LogP contribution in [0.5, 0.6) is 11.5 Å². The molecule has 0 N–H and O–H groups in total. The summed E-state index contributed by atoms with van der Waals surface area (Å²) in [7, 11) is 3.42. The topological polar surface area (TPSA) is 77.5 Å². The van der Waals surface area contributed by atoms with Crippen LogP contribution in [-0.2, 0) is 15.7 Å². The summed E-state index contributed by atoms with van der Waals surface area (Å²) >= 11 is 1.19. The van der Waals surface area contributed by atoms with Crippen LogP contribution >= 0.6 is 11.3 Å². The molecule has 1 aliphatic rings. The summed E-state index contributed by atoms with van der Waals surface area (Å²) in [6.07, 6.45) is -13.3. The monoisotopic (exact) mass is 646 g/mol. The second kappa shape index (κ2) is 12.8. The summed E-state index contributed by atoms with van der Waals surface area (Å²) in [6, 6.07) is 3.45. The number of amides is 2. The molecule has 238 valence electrons. The molecule has 0 fully saturated rings. The van der Waals surface area contributed by atoms with Crippen molar-refractivity contribution in [2.45, 2.75) is 43.8 Å². The van der Waals surface area contributed by atoms with Crippen molar-refractivity contribution in [2.75, 3.05) is 32.8 Å². The second-order valence-corrected chi connectivity index (χ2v) is 10.5. The molecular weight excluding hydrogens is 618 g/mol. The first kappa shape index (κ1) is 32.8. The van der Waals surface area contributed by atoms with Gasteiger partial charge in [-0.3, -0.25) is 9.80 Å². The summed E-state index contributed by atoms with van der Waals surface area (Å²) in [5, 5.41) is 1.69. The molecule has 2 heterocycles. The van der Waals surface area contributed by atoms with E-state index in [0.29, 0.717) is 17.0 Å².